The number of benzene rings is 1. The topological polar surface area (TPSA) is 104 Å². The Kier molecular flexibility index (Phi) is 8.86. The summed E-state index contributed by atoms with van der Waals surface area (Å²) in [4.78, 5) is 16.5. The SMILES string of the molecule is CCNC(=NCCNC(=O)c1ccccc1O)NC(C)COC1CCOC1. The number of aliphatic imine (C=N–C) groups is 1. The summed E-state index contributed by atoms with van der Waals surface area (Å²) in [6.07, 6.45) is 1.12. The Labute approximate surface area is 160 Å². The van der Waals surface area contributed by atoms with Crippen LogP contribution in [0.3, 0.4) is 0 Å². The van der Waals surface area contributed by atoms with E-state index in [1.807, 2.05) is 13.8 Å². The highest BCUT2D eigenvalue weighted by molar-refractivity contribution is 5.96. The molecular weight excluding hydrogens is 348 g/mol. The van der Waals surface area contributed by atoms with Crippen molar-refractivity contribution in [2.45, 2.75) is 32.4 Å². The highest BCUT2D eigenvalue weighted by Gasteiger charge is 2.17. The molecule has 0 saturated carbocycles. The van der Waals surface area contributed by atoms with E-state index in [0.29, 0.717) is 32.3 Å². The van der Waals surface area contributed by atoms with Gasteiger partial charge in [0.05, 0.1) is 31.4 Å². The number of para-hydroxylation sites is 1. The Morgan fingerprint density at radius 1 is 1.41 bits per heavy atom. The van der Waals surface area contributed by atoms with Crippen LogP contribution in [0.5, 0.6) is 5.75 Å². The Balaban J connectivity index is 1.73. The lowest BCUT2D eigenvalue weighted by Gasteiger charge is -2.19. The smallest absolute Gasteiger partial charge is 0.255 e. The second-order valence-corrected chi connectivity index (χ2v) is 6.40. The first-order valence-electron chi connectivity index (χ1n) is 9.40. The largest absolute Gasteiger partial charge is 0.507 e. The van der Waals surface area contributed by atoms with Crippen molar-refractivity contribution >= 4 is 11.9 Å². The molecule has 2 atom stereocenters. The minimum atomic E-state index is -0.318. The maximum Gasteiger partial charge on any atom is 0.255 e. The number of guanidine groups is 1. The molecule has 2 unspecified atom stereocenters. The number of carbonyl (C=O) groups is 1. The molecule has 1 aromatic carbocycles. The number of aromatic hydroxyl groups is 1. The highest BCUT2D eigenvalue weighted by atomic mass is 16.5. The third-order valence-electron chi connectivity index (χ3n) is 4.01. The third kappa shape index (κ3) is 7.44. The van der Waals surface area contributed by atoms with Crippen LogP contribution in [0.15, 0.2) is 29.3 Å². The normalized spacial score (nSPS) is 18.1. The molecule has 0 aromatic heterocycles. The van der Waals surface area contributed by atoms with E-state index in [0.717, 1.165) is 19.6 Å². The summed E-state index contributed by atoms with van der Waals surface area (Å²) in [5, 5.41) is 18.9. The molecule has 0 radical (unpaired) electrons. The zero-order valence-electron chi connectivity index (χ0n) is 16.0. The number of carbonyl (C=O) groups excluding carboxylic acids is 1. The summed E-state index contributed by atoms with van der Waals surface area (Å²) in [6, 6.07) is 6.55. The maximum absolute atomic E-state index is 12.0. The molecule has 0 aliphatic carbocycles. The average Bonchev–Trinajstić information content (AvgIpc) is 3.17. The molecule has 8 nitrogen and oxygen atoms in total. The number of phenols is 1. The summed E-state index contributed by atoms with van der Waals surface area (Å²) in [6.45, 7) is 7.55. The van der Waals surface area contributed by atoms with Crippen LogP contribution in [0.4, 0.5) is 0 Å². The Morgan fingerprint density at radius 2 is 2.22 bits per heavy atom. The number of nitrogens with one attached hydrogen (secondary N) is 3. The van der Waals surface area contributed by atoms with Gasteiger partial charge in [-0.3, -0.25) is 9.79 Å². The van der Waals surface area contributed by atoms with Crippen molar-refractivity contribution in [1.82, 2.24) is 16.0 Å². The predicted octanol–water partition coefficient (Wildman–Crippen LogP) is 0.871. The predicted molar refractivity (Wildman–Crippen MR) is 104 cm³/mol. The van der Waals surface area contributed by atoms with Crippen molar-refractivity contribution in [3.05, 3.63) is 29.8 Å². The van der Waals surface area contributed by atoms with Gasteiger partial charge in [0.2, 0.25) is 0 Å². The van der Waals surface area contributed by atoms with Gasteiger partial charge in [-0.2, -0.15) is 0 Å². The van der Waals surface area contributed by atoms with E-state index in [2.05, 4.69) is 20.9 Å². The summed E-state index contributed by atoms with van der Waals surface area (Å²) in [5.41, 5.74) is 0.258. The van der Waals surface area contributed by atoms with Crippen LogP contribution in [-0.2, 0) is 9.47 Å². The Morgan fingerprint density at radius 3 is 2.93 bits per heavy atom. The van der Waals surface area contributed by atoms with Gasteiger partial charge in [-0.05, 0) is 32.4 Å². The van der Waals surface area contributed by atoms with E-state index in [9.17, 15) is 9.90 Å². The zero-order chi connectivity index (χ0) is 19.5. The van der Waals surface area contributed by atoms with Gasteiger partial charge in [0.1, 0.15) is 5.75 Å². The van der Waals surface area contributed by atoms with Crippen molar-refractivity contribution in [2.75, 3.05) is 39.5 Å². The lowest BCUT2D eigenvalue weighted by molar-refractivity contribution is 0.0347. The minimum absolute atomic E-state index is 0.0324. The molecule has 2 rings (SSSR count). The van der Waals surface area contributed by atoms with Crippen molar-refractivity contribution in [3.8, 4) is 5.75 Å². The Bertz CT molecular complexity index is 617. The van der Waals surface area contributed by atoms with Crippen molar-refractivity contribution in [3.63, 3.8) is 0 Å². The maximum atomic E-state index is 12.0. The molecule has 1 fully saturated rings. The number of nitrogens with zero attached hydrogens (tertiary/aromatic N) is 1. The molecule has 0 bridgehead atoms. The molecule has 27 heavy (non-hydrogen) atoms. The van der Waals surface area contributed by atoms with Crippen molar-refractivity contribution in [1.29, 1.82) is 0 Å². The molecule has 1 aromatic rings. The average molecular weight is 378 g/mol. The van der Waals surface area contributed by atoms with Gasteiger partial charge in [-0.15, -0.1) is 0 Å². The first-order chi connectivity index (χ1) is 13.1. The second kappa shape index (κ2) is 11.4. The molecule has 0 spiro atoms. The van der Waals surface area contributed by atoms with Gasteiger partial charge in [-0.1, -0.05) is 12.1 Å². The fourth-order valence-electron chi connectivity index (χ4n) is 2.62. The molecular formula is C19H30N4O4. The standard InChI is InChI=1S/C19H30N4O4/c1-3-20-19(23-14(2)12-27-15-8-11-26-13-15)22-10-9-21-18(25)16-6-4-5-7-17(16)24/h4-7,14-15,24H,3,8-13H2,1-2H3,(H,21,25)(H2,20,22,23). The van der Waals surface area contributed by atoms with Crippen LogP contribution in [0.25, 0.3) is 0 Å². The number of hydrogen-bond donors (Lipinski definition) is 4. The molecule has 8 heteroatoms. The number of phenolic OH excluding ortho intramolecular Hbond substituents is 1. The molecule has 1 saturated heterocycles. The number of hydrogen-bond acceptors (Lipinski definition) is 5. The van der Waals surface area contributed by atoms with Gasteiger partial charge in [0, 0.05) is 25.7 Å². The molecule has 4 N–H and O–H groups in total. The van der Waals surface area contributed by atoms with E-state index < -0.39 is 0 Å². The summed E-state index contributed by atoms with van der Waals surface area (Å²) in [5.74, 6) is 0.324. The van der Waals surface area contributed by atoms with Crippen LogP contribution in [0, 0.1) is 0 Å². The monoisotopic (exact) mass is 378 g/mol. The summed E-state index contributed by atoms with van der Waals surface area (Å²) < 4.78 is 11.1. The van der Waals surface area contributed by atoms with Crippen LogP contribution in [0.2, 0.25) is 0 Å². The van der Waals surface area contributed by atoms with Gasteiger partial charge in [-0.25, -0.2) is 0 Å². The fourth-order valence-corrected chi connectivity index (χ4v) is 2.62. The fraction of sp³-hybridized carbons (Fsp3) is 0.579. The molecule has 1 amide bonds. The van der Waals surface area contributed by atoms with Crippen molar-refractivity contribution < 1.29 is 19.4 Å². The van der Waals surface area contributed by atoms with Gasteiger partial charge < -0.3 is 30.5 Å². The number of rotatable bonds is 9. The van der Waals surface area contributed by atoms with Crippen LogP contribution < -0.4 is 16.0 Å². The first kappa shape index (κ1) is 21.0. The van der Waals surface area contributed by atoms with E-state index in [1.54, 1.807) is 18.2 Å². The lowest BCUT2D eigenvalue weighted by Crippen LogP contribution is -2.45. The number of amides is 1. The van der Waals surface area contributed by atoms with Gasteiger partial charge >= 0.3 is 0 Å². The van der Waals surface area contributed by atoms with Crippen LogP contribution in [0.1, 0.15) is 30.6 Å². The second-order valence-electron chi connectivity index (χ2n) is 6.40. The minimum Gasteiger partial charge on any atom is -0.507 e. The third-order valence-corrected chi connectivity index (χ3v) is 4.01. The quantitative estimate of drug-likeness (QED) is 0.289. The van der Waals surface area contributed by atoms with E-state index in [1.165, 1.54) is 6.07 Å². The zero-order valence-corrected chi connectivity index (χ0v) is 16.0. The molecule has 1 aliphatic heterocycles. The summed E-state index contributed by atoms with van der Waals surface area (Å²) >= 11 is 0. The van der Waals surface area contributed by atoms with Gasteiger partial charge in [0.25, 0.3) is 5.91 Å². The van der Waals surface area contributed by atoms with Crippen molar-refractivity contribution in [2.24, 2.45) is 4.99 Å². The van der Waals surface area contributed by atoms with E-state index >= 15 is 0 Å². The molecule has 1 heterocycles. The number of ether oxygens (including phenoxy) is 2. The van der Waals surface area contributed by atoms with Crippen LogP contribution >= 0.6 is 0 Å². The molecule has 150 valence electrons. The first-order valence-corrected chi connectivity index (χ1v) is 9.40. The summed E-state index contributed by atoms with van der Waals surface area (Å²) in [7, 11) is 0. The van der Waals surface area contributed by atoms with Crippen LogP contribution in [-0.4, -0.2) is 68.6 Å². The van der Waals surface area contributed by atoms with E-state index in [4.69, 9.17) is 9.47 Å². The highest BCUT2D eigenvalue weighted by Crippen LogP contribution is 2.14. The van der Waals surface area contributed by atoms with Gasteiger partial charge in [0.15, 0.2) is 5.96 Å². The molecule has 1 aliphatic rings. The lowest BCUT2D eigenvalue weighted by atomic mass is 10.2. The Hall–Kier alpha value is -2.32. The van der Waals surface area contributed by atoms with E-state index in [-0.39, 0.29) is 29.4 Å².